The van der Waals surface area contributed by atoms with Gasteiger partial charge in [-0.1, -0.05) is 96.1 Å². The number of nitrogens with zero attached hydrogens (tertiary/aromatic N) is 2. The molecule has 0 aliphatic carbocycles. The molecular weight excluding hydrogens is 450 g/mol. The highest BCUT2D eigenvalue weighted by molar-refractivity contribution is 7.67. The van der Waals surface area contributed by atoms with E-state index < -0.39 is 0 Å². The molecule has 172 valence electrons. The topological polar surface area (TPSA) is 6.48 Å². The lowest BCUT2D eigenvalue weighted by Crippen LogP contribution is -2.38. The summed E-state index contributed by atoms with van der Waals surface area (Å²) >= 11 is 0. The van der Waals surface area contributed by atoms with Crippen LogP contribution in [0.15, 0.2) is 109 Å². The lowest BCUT2D eigenvalue weighted by atomic mass is 10.2. The van der Waals surface area contributed by atoms with E-state index in [1.54, 1.807) is 0 Å². The van der Waals surface area contributed by atoms with E-state index in [1.807, 2.05) is 0 Å². The predicted molar refractivity (Wildman–Crippen MR) is 153 cm³/mol. The number of rotatable bonds is 4. The van der Waals surface area contributed by atoms with Crippen LogP contribution in [-0.4, -0.2) is 25.1 Å². The van der Waals surface area contributed by atoms with Gasteiger partial charge in [-0.2, -0.15) is 0 Å². The first-order valence-electron chi connectivity index (χ1n) is 11.9. The van der Waals surface area contributed by atoms with Crippen LogP contribution in [0.3, 0.4) is 0 Å². The van der Waals surface area contributed by atoms with Gasteiger partial charge in [-0.15, -0.1) is 0 Å². The second-order valence-corrected chi connectivity index (χ2v) is 13.4. The fraction of sp³-hybridized carbons (Fsp3) is 0.200. The van der Waals surface area contributed by atoms with Gasteiger partial charge in [-0.3, -0.25) is 0 Å². The average Bonchev–Trinajstić information content (AvgIpc) is 2.87. The Bertz CT molecular complexity index is 1070. The van der Waals surface area contributed by atoms with E-state index in [0.29, 0.717) is 0 Å². The number of hydrogen-bond acceptors (Lipinski definition) is 2. The SMILES string of the molecule is Cc1ccc(N2CP(c3ccccc3)CN(c3ccc(C)cc3)CP(c3ccccc3)C2)cc1. The van der Waals surface area contributed by atoms with Gasteiger partial charge in [0, 0.05) is 36.5 Å². The molecule has 0 bridgehead atoms. The summed E-state index contributed by atoms with van der Waals surface area (Å²) in [4.78, 5) is 5.34. The van der Waals surface area contributed by atoms with Crippen molar-refractivity contribution in [1.29, 1.82) is 0 Å². The average molecular weight is 483 g/mol. The number of hydrogen-bond donors (Lipinski definition) is 0. The summed E-state index contributed by atoms with van der Waals surface area (Å²) in [6, 6.07) is 40.6. The molecule has 0 spiro atoms. The van der Waals surface area contributed by atoms with Gasteiger partial charge in [0.2, 0.25) is 0 Å². The molecule has 4 heteroatoms. The fourth-order valence-corrected chi connectivity index (χ4v) is 9.48. The quantitative estimate of drug-likeness (QED) is 0.287. The molecule has 1 aliphatic heterocycles. The molecule has 1 fully saturated rings. The van der Waals surface area contributed by atoms with E-state index >= 15 is 0 Å². The Morgan fingerprint density at radius 2 is 0.765 bits per heavy atom. The molecule has 4 aromatic carbocycles. The van der Waals surface area contributed by atoms with Gasteiger partial charge < -0.3 is 9.80 Å². The van der Waals surface area contributed by atoms with E-state index in [4.69, 9.17) is 0 Å². The molecule has 1 saturated heterocycles. The van der Waals surface area contributed by atoms with Crippen LogP contribution in [0.5, 0.6) is 0 Å². The summed E-state index contributed by atoms with van der Waals surface area (Å²) in [5.74, 6) is 0. The Morgan fingerprint density at radius 3 is 1.09 bits per heavy atom. The number of aryl methyl sites for hydroxylation is 2. The fourth-order valence-electron chi connectivity index (χ4n) is 4.45. The smallest absolute Gasteiger partial charge is 0.0438 e. The first kappa shape index (κ1) is 23.1. The second kappa shape index (κ2) is 10.7. The molecule has 0 radical (unpaired) electrons. The van der Waals surface area contributed by atoms with Gasteiger partial charge in [0.05, 0.1) is 0 Å². The third kappa shape index (κ3) is 5.52. The van der Waals surface area contributed by atoms with Gasteiger partial charge in [0.1, 0.15) is 0 Å². The zero-order chi connectivity index (χ0) is 23.3. The van der Waals surface area contributed by atoms with Crippen molar-refractivity contribution >= 4 is 37.8 Å². The van der Waals surface area contributed by atoms with Crippen LogP contribution < -0.4 is 20.4 Å². The molecule has 0 unspecified atom stereocenters. The molecule has 0 saturated carbocycles. The molecule has 0 atom stereocenters. The van der Waals surface area contributed by atoms with Gasteiger partial charge in [-0.25, -0.2) is 0 Å². The van der Waals surface area contributed by atoms with Crippen molar-refractivity contribution in [2.75, 3.05) is 34.9 Å². The lowest BCUT2D eigenvalue weighted by Gasteiger charge is -2.41. The standard InChI is InChI=1S/C30H32N2P2/c1-25-13-17-27(18-14-25)31-21-33(29-9-5-3-6-10-29)23-32(28-19-15-26(2)16-20-28)24-34(22-31)30-11-7-4-8-12-30/h3-20H,21-24H2,1-2H3. The van der Waals surface area contributed by atoms with E-state index in [0.717, 1.165) is 25.1 Å². The Kier molecular flexibility index (Phi) is 7.29. The summed E-state index contributed by atoms with van der Waals surface area (Å²) in [7, 11) is -0.755. The molecule has 0 amide bonds. The maximum absolute atomic E-state index is 2.67. The summed E-state index contributed by atoms with van der Waals surface area (Å²) in [6.07, 6.45) is 4.32. The van der Waals surface area contributed by atoms with Crippen LogP contribution >= 0.6 is 15.8 Å². The molecule has 4 aromatic rings. The van der Waals surface area contributed by atoms with Crippen LogP contribution in [0, 0.1) is 13.8 Å². The predicted octanol–water partition coefficient (Wildman–Crippen LogP) is 7.07. The third-order valence-electron chi connectivity index (χ3n) is 6.41. The molecule has 2 nitrogen and oxygen atoms in total. The maximum Gasteiger partial charge on any atom is 0.0438 e. The molecule has 1 heterocycles. The highest BCUT2D eigenvalue weighted by atomic mass is 31.1. The van der Waals surface area contributed by atoms with Crippen LogP contribution in [0.4, 0.5) is 11.4 Å². The first-order valence-corrected chi connectivity index (χ1v) is 15.3. The Morgan fingerprint density at radius 1 is 0.441 bits per heavy atom. The minimum atomic E-state index is -0.377. The minimum Gasteiger partial charge on any atom is -0.363 e. The van der Waals surface area contributed by atoms with Gasteiger partial charge >= 0.3 is 0 Å². The molecule has 0 aromatic heterocycles. The van der Waals surface area contributed by atoms with Crippen LogP contribution in [0.25, 0.3) is 0 Å². The van der Waals surface area contributed by atoms with Gasteiger partial charge in [-0.05, 0) is 64.6 Å². The van der Waals surface area contributed by atoms with E-state index in [2.05, 4.69) is 133 Å². The highest BCUT2D eigenvalue weighted by Gasteiger charge is 2.28. The van der Waals surface area contributed by atoms with Crippen LogP contribution in [-0.2, 0) is 0 Å². The first-order chi connectivity index (χ1) is 16.7. The van der Waals surface area contributed by atoms with Crippen molar-refractivity contribution in [2.45, 2.75) is 13.8 Å². The van der Waals surface area contributed by atoms with E-state index in [1.165, 1.54) is 33.1 Å². The van der Waals surface area contributed by atoms with Crippen molar-refractivity contribution in [3.63, 3.8) is 0 Å². The largest absolute Gasteiger partial charge is 0.363 e. The number of benzene rings is 4. The normalized spacial score (nSPS) is 18.9. The van der Waals surface area contributed by atoms with Crippen LogP contribution in [0.2, 0.25) is 0 Å². The molecule has 0 N–H and O–H groups in total. The van der Waals surface area contributed by atoms with Crippen molar-refractivity contribution in [3.05, 3.63) is 120 Å². The zero-order valence-electron chi connectivity index (χ0n) is 20.0. The molecule has 1 aliphatic rings. The maximum atomic E-state index is 2.67. The monoisotopic (exact) mass is 482 g/mol. The molecule has 34 heavy (non-hydrogen) atoms. The summed E-state index contributed by atoms with van der Waals surface area (Å²) < 4.78 is 0. The lowest BCUT2D eigenvalue weighted by molar-refractivity contribution is 0.984. The van der Waals surface area contributed by atoms with E-state index in [9.17, 15) is 0 Å². The highest BCUT2D eigenvalue weighted by Crippen LogP contribution is 2.47. The Hall–Kier alpha value is -2.66. The van der Waals surface area contributed by atoms with E-state index in [-0.39, 0.29) is 15.8 Å². The molecule has 5 rings (SSSR count). The summed E-state index contributed by atoms with van der Waals surface area (Å²) in [6.45, 7) is 4.34. The summed E-state index contributed by atoms with van der Waals surface area (Å²) in [5, 5.41) is 2.97. The van der Waals surface area contributed by atoms with Crippen molar-refractivity contribution in [3.8, 4) is 0 Å². The zero-order valence-corrected chi connectivity index (χ0v) is 21.8. The molecular formula is C30H32N2P2. The van der Waals surface area contributed by atoms with Crippen molar-refractivity contribution < 1.29 is 0 Å². The second-order valence-electron chi connectivity index (χ2n) is 9.07. The summed E-state index contributed by atoms with van der Waals surface area (Å²) in [5.41, 5.74) is 5.33. The Labute approximate surface area is 206 Å². The van der Waals surface area contributed by atoms with Crippen molar-refractivity contribution in [1.82, 2.24) is 0 Å². The van der Waals surface area contributed by atoms with Crippen molar-refractivity contribution in [2.24, 2.45) is 0 Å². The Balaban J connectivity index is 1.55. The number of anilines is 2. The van der Waals surface area contributed by atoms with Crippen LogP contribution in [0.1, 0.15) is 11.1 Å². The minimum absolute atomic E-state index is 0.377. The van der Waals surface area contributed by atoms with Gasteiger partial charge in [0.25, 0.3) is 0 Å². The van der Waals surface area contributed by atoms with Gasteiger partial charge in [0.15, 0.2) is 0 Å². The third-order valence-corrected chi connectivity index (χ3v) is 11.2.